The van der Waals surface area contributed by atoms with Crippen LogP contribution in [-0.4, -0.2) is 23.9 Å². The highest BCUT2D eigenvalue weighted by atomic mass is 15.2. The summed E-state index contributed by atoms with van der Waals surface area (Å²) in [5, 5.41) is 7.20. The minimum absolute atomic E-state index is 0.0719. The van der Waals surface area contributed by atoms with Gasteiger partial charge in [0.05, 0.1) is 0 Å². The van der Waals surface area contributed by atoms with Gasteiger partial charge in [-0.25, -0.2) is 4.98 Å². The van der Waals surface area contributed by atoms with E-state index in [1.54, 1.807) is 6.20 Å². The molecule has 13 heavy (non-hydrogen) atoms. The van der Waals surface area contributed by atoms with Gasteiger partial charge in [0, 0.05) is 24.8 Å². The van der Waals surface area contributed by atoms with Crippen molar-refractivity contribution in [2.75, 3.05) is 18.0 Å². The lowest BCUT2D eigenvalue weighted by Gasteiger charge is -2.31. The molecule has 1 aromatic heterocycles. The molecule has 4 nitrogen and oxygen atoms in total. The standard InChI is InChI=1S/C9H12N4/c10-9(11)7-2-3-8(12-6-7)13-4-1-5-13/h2-3,6H,1,4-5H2,(H3,10,11). The van der Waals surface area contributed by atoms with E-state index >= 15 is 0 Å². The normalized spacial score (nSPS) is 15.2. The molecule has 0 spiro atoms. The summed E-state index contributed by atoms with van der Waals surface area (Å²) in [4.78, 5) is 6.43. The highest BCUT2D eigenvalue weighted by molar-refractivity contribution is 5.94. The lowest BCUT2D eigenvalue weighted by Crippen LogP contribution is -2.37. The molecule has 0 bridgehead atoms. The summed E-state index contributed by atoms with van der Waals surface area (Å²) in [5.41, 5.74) is 6.00. The number of rotatable bonds is 2. The molecule has 0 aromatic carbocycles. The number of anilines is 1. The van der Waals surface area contributed by atoms with Crippen molar-refractivity contribution in [2.45, 2.75) is 6.42 Å². The lowest BCUT2D eigenvalue weighted by atomic mass is 10.2. The van der Waals surface area contributed by atoms with E-state index in [4.69, 9.17) is 11.1 Å². The van der Waals surface area contributed by atoms with Crippen LogP contribution in [0.2, 0.25) is 0 Å². The zero-order valence-corrected chi connectivity index (χ0v) is 7.33. The van der Waals surface area contributed by atoms with Crippen LogP contribution in [0.15, 0.2) is 18.3 Å². The average molecular weight is 176 g/mol. The molecule has 1 saturated heterocycles. The molecule has 2 heterocycles. The molecule has 0 amide bonds. The van der Waals surface area contributed by atoms with Gasteiger partial charge in [0.1, 0.15) is 11.7 Å². The molecule has 0 atom stereocenters. The van der Waals surface area contributed by atoms with E-state index in [9.17, 15) is 0 Å². The molecule has 0 aliphatic carbocycles. The Bertz CT molecular complexity index is 313. The first-order valence-corrected chi connectivity index (χ1v) is 4.33. The predicted octanol–water partition coefficient (Wildman–Crippen LogP) is 0.576. The Labute approximate surface area is 76.9 Å². The summed E-state index contributed by atoms with van der Waals surface area (Å²) in [6.45, 7) is 2.18. The lowest BCUT2D eigenvalue weighted by molar-refractivity contribution is 0.610. The number of hydrogen-bond acceptors (Lipinski definition) is 3. The van der Waals surface area contributed by atoms with Gasteiger partial charge < -0.3 is 10.6 Å². The smallest absolute Gasteiger partial charge is 0.128 e. The van der Waals surface area contributed by atoms with Crippen LogP contribution in [-0.2, 0) is 0 Å². The number of nitrogens with zero attached hydrogens (tertiary/aromatic N) is 2. The fourth-order valence-electron chi connectivity index (χ4n) is 1.28. The van der Waals surface area contributed by atoms with Crippen LogP contribution in [0.3, 0.4) is 0 Å². The van der Waals surface area contributed by atoms with Gasteiger partial charge in [-0.3, -0.25) is 5.41 Å². The van der Waals surface area contributed by atoms with E-state index in [1.807, 2.05) is 12.1 Å². The summed E-state index contributed by atoms with van der Waals surface area (Å²) >= 11 is 0. The third-order valence-corrected chi connectivity index (χ3v) is 2.24. The van der Waals surface area contributed by atoms with Crippen molar-refractivity contribution in [1.82, 2.24) is 4.98 Å². The topological polar surface area (TPSA) is 66.0 Å². The van der Waals surface area contributed by atoms with Gasteiger partial charge in [0.2, 0.25) is 0 Å². The molecular formula is C9H12N4. The van der Waals surface area contributed by atoms with E-state index in [1.165, 1.54) is 6.42 Å². The van der Waals surface area contributed by atoms with E-state index in [0.29, 0.717) is 5.56 Å². The number of pyridine rings is 1. The molecule has 1 aliphatic rings. The van der Waals surface area contributed by atoms with Crippen molar-refractivity contribution < 1.29 is 0 Å². The largest absolute Gasteiger partial charge is 0.384 e. The van der Waals surface area contributed by atoms with Crippen molar-refractivity contribution >= 4 is 11.7 Å². The Balaban J connectivity index is 2.17. The maximum atomic E-state index is 7.20. The van der Waals surface area contributed by atoms with Crippen molar-refractivity contribution in [3.63, 3.8) is 0 Å². The third kappa shape index (κ3) is 1.47. The molecule has 1 aromatic rings. The Kier molecular flexibility index (Phi) is 1.88. The first-order valence-electron chi connectivity index (χ1n) is 4.33. The first kappa shape index (κ1) is 8.04. The van der Waals surface area contributed by atoms with Gasteiger partial charge in [0.25, 0.3) is 0 Å². The molecule has 4 heteroatoms. The first-order chi connectivity index (χ1) is 6.27. The Morgan fingerprint density at radius 1 is 1.46 bits per heavy atom. The molecule has 2 rings (SSSR count). The van der Waals surface area contributed by atoms with E-state index in [2.05, 4.69) is 9.88 Å². The van der Waals surface area contributed by atoms with Gasteiger partial charge in [-0.1, -0.05) is 0 Å². The summed E-state index contributed by atoms with van der Waals surface area (Å²) < 4.78 is 0. The number of aromatic nitrogens is 1. The van der Waals surface area contributed by atoms with Crippen molar-refractivity contribution in [3.8, 4) is 0 Å². The second kappa shape index (κ2) is 3.05. The second-order valence-electron chi connectivity index (χ2n) is 3.16. The molecule has 0 radical (unpaired) electrons. The minimum atomic E-state index is 0.0719. The van der Waals surface area contributed by atoms with Crippen LogP contribution >= 0.6 is 0 Å². The van der Waals surface area contributed by atoms with Crippen molar-refractivity contribution in [3.05, 3.63) is 23.9 Å². The predicted molar refractivity (Wildman–Crippen MR) is 52.1 cm³/mol. The summed E-state index contributed by atoms with van der Waals surface area (Å²) in [5.74, 6) is 1.05. The fraction of sp³-hybridized carbons (Fsp3) is 0.333. The van der Waals surface area contributed by atoms with E-state index < -0.39 is 0 Å². The highest BCUT2D eigenvalue weighted by Gasteiger charge is 2.14. The second-order valence-corrected chi connectivity index (χ2v) is 3.16. The Hall–Kier alpha value is -1.58. The summed E-state index contributed by atoms with van der Waals surface area (Å²) in [6, 6.07) is 3.75. The number of hydrogen-bond donors (Lipinski definition) is 2. The zero-order chi connectivity index (χ0) is 9.26. The van der Waals surface area contributed by atoms with Gasteiger partial charge >= 0.3 is 0 Å². The number of nitrogens with two attached hydrogens (primary N) is 1. The number of amidine groups is 1. The maximum absolute atomic E-state index is 7.20. The molecule has 0 saturated carbocycles. The highest BCUT2D eigenvalue weighted by Crippen LogP contribution is 2.17. The molecule has 68 valence electrons. The molecular weight excluding hydrogens is 164 g/mol. The van der Waals surface area contributed by atoms with Crippen LogP contribution < -0.4 is 10.6 Å². The van der Waals surface area contributed by atoms with Crippen molar-refractivity contribution in [1.29, 1.82) is 5.41 Å². The summed E-state index contributed by atoms with van der Waals surface area (Å²) in [6.07, 6.45) is 2.89. The van der Waals surface area contributed by atoms with Crippen LogP contribution in [0.1, 0.15) is 12.0 Å². The monoisotopic (exact) mass is 176 g/mol. The zero-order valence-electron chi connectivity index (χ0n) is 7.33. The van der Waals surface area contributed by atoms with Gasteiger partial charge in [-0.2, -0.15) is 0 Å². The number of nitrogen functional groups attached to an aromatic ring is 1. The third-order valence-electron chi connectivity index (χ3n) is 2.24. The Morgan fingerprint density at radius 3 is 2.62 bits per heavy atom. The minimum Gasteiger partial charge on any atom is -0.384 e. The van der Waals surface area contributed by atoms with Crippen LogP contribution in [0.4, 0.5) is 5.82 Å². The molecule has 3 N–H and O–H groups in total. The van der Waals surface area contributed by atoms with Crippen molar-refractivity contribution in [2.24, 2.45) is 5.73 Å². The molecule has 1 fully saturated rings. The van der Waals surface area contributed by atoms with E-state index in [-0.39, 0.29) is 5.84 Å². The van der Waals surface area contributed by atoms with Crippen LogP contribution in [0, 0.1) is 5.41 Å². The van der Waals surface area contributed by atoms with Gasteiger partial charge in [0.15, 0.2) is 0 Å². The summed E-state index contributed by atoms with van der Waals surface area (Å²) in [7, 11) is 0. The van der Waals surface area contributed by atoms with Crippen LogP contribution in [0.5, 0.6) is 0 Å². The quantitative estimate of drug-likeness (QED) is 0.511. The molecule has 0 unspecified atom stereocenters. The van der Waals surface area contributed by atoms with Gasteiger partial charge in [-0.05, 0) is 18.6 Å². The SMILES string of the molecule is N=C(N)c1ccc(N2CCC2)nc1. The van der Waals surface area contributed by atoms with Gasteiger partial charge in [-0.15, -0.1) is 0 Å². The average Bonchev–Trinajstić information content (AvgIpc) is 2.02. The van der Waals surface area contributed by atoms with E-state index in [0.717, 1.165) is 18.9 Å². The Morgan fingerprint density at radius 2 is 2.23 bits per heavy atom. The molecule has 1 aliphatic heterocycles. The fourth-order valence-corrected chi connectivity index (χ4v) is 1.28. The maximum Gasteiger partial charge on any atom is 0.128 e. The number of nitrogens with one attached hydrogen (secondary N) is 1. The van der Waals surface area contributed by atoms with Crippen LogP contribution in [0.25, 0.3) is 0 Å².